The molecule has 0 spiro atoms. The number of aromatic nitrogens is 2. The first kappa shape index (κ1) is 20.8. The van der Waals surface area contributed by atoms with Gasteiger partial charge in [0, 0.05) is 12.1 Å². The lowest BCUT2D eigenvalue weighted by Crippen LogP contribution is -2.25. The zero-order valence-corrected chi connectivity index (χ0v) is 16.4. The van der Waals surface area contributed by atoms with Gasteiger partial charge in [0.25, 0.3) is 0 Å². The van der Waals surface area contributed by atoms with Gasteiger partial charge in [0.2, 0.25) is 5.91 Å². The van der Waals surface area contributed by atoms with Crippen molar-refractivity contribution in [1.29, 1.82) is 0 Å². The molecule has 8 heteroatoms. The molecule has 4 nitrogen and oxygen atoms in total. The highest BCUT2D eigenvalue weighted by Crippen LogP contribution is 2.29. The second-order valence-electron chi connectivity index (χ2n) is 6.07. The van der Waals surface area contributed by atoms with Gasteiger partial charge in [0.15, 0.2) is 5.16 Å². The zero-order valence-electron chi connectivity index (χ0n) is 15.6. The fraction of sp³-hybridized carbons (Fsp3) is 0.238. The number of fused-ring (bicyclic) bond motifs is 1. The van der Waals surface area contributed by atoms with E-state index in [-0.39, 0.29) is 23.8 Å². The van der Waals surface area contributed by atoms with Gasteiger partial charge in [-0.15, -0.1) is 0 Å². The van der Waals surface area contributed by atoms with Crippen molar-refractivity contribution in [3.63, 3.8) is 0 Å². The summed E-state index contributed by atoms with van der Waals surface area (Å²) in [5.74, 6) is 5.26. The third-order valence-corrected chi connectivity index (χ3v) is 5.04. The smallest absolute Gasteiger partial charge is 0.344 e. The second kappa shape index (κ2) is 9.05. The van der Waals surface area contributed by atoms with E-state index >= 15 is 0 Å². The lowest BCUT2D eigenvalue weighted by atomic mass is 10.1. The van der Waals surface area contributed by atoms with Crippen molar-refractivity contribution < 1.29 is 18.0 Å². The van der Waals surface area contributed by atoms with Crippen LogP contribution in [-0.4, -0.2) is 27.8 Å². The van der Waals surface area contributed by atoms with E-state index in [4.69, 9.17) is 0 Å². The first-order valence-corrected chi connectivity index (χ1v) is 9.88. The molecule has 0 radical (unpaired) electrons. The SMILES string of the molecule is CCn1c(SCC(=O)NCC#Cc2cccc(C(F)(F)F)c2)nc2ccccc21. The Hall–Kier alpha value is -2.92. The van der Waals surface area contributed by atoms with E-state index in [1.807, 2.05) is 35.8 Å². The lowest BCUT2D eigenvalue weighted by Gasteiger charge is -2.06. The minimum atomic E-state index is -4.40. The van der Waals surface area contributed by atoms with E-state index in [1.54, 1.807) is 0 Å². The van der Waals surface area contributed by atoms with Crippen LogP contribution in [0.3, 0.4) is 0 Å². The summed E-state index contributed by atoms with van der Waals surface area (Å²) >= 11 is 1.33. The molecular formula is C21H18F3N3OS. The number of nitrogens with zero attached hydrogens (tertiary/aromatic N) is 2. The summed E-state index contributed by atoms with van der Waals surface area (Å²) in [6, 6.07) is 12.6. The molecule has 150 valence electrons. The molecule has 0 atom stereocenters. The monoisotopic (exact) mass is 417 g/mol. The topological polar surface area (TPSA) is 46.9 Å². The number of thioether (sulfide) groups is 1. The Balaban J connectivity index is 1.54. The van der Waals surface area contributed by atoms with Crippen LogP contribution in [0.5, 0.6) is 0 Å². The summed E-state index contributed by atoms with van der Waals surface area (Å²) in [5, 5.41) is 3.41. The van der Waals surface area contributed by atoms with Crippen LogP contribution in [0, 0.1) is 11.8 Å². The maximum atomic E-state index is 12.7. The van der Waals surface area contributed by atoms with Crippen LogP contribution in [0.4, 0.5) is 13.2 Å². The van der Waals surface area contributed by atoms with Crippen molar-refractivity contribution in [2.24, 2.45) is 0 Å². The van der Waals surface area contributed by atoms with Gasteiger partial charge >= 0.3 is 6.18 Å². The van der Waals surface area contributed by atoms with Gasteiger partial charge in [-0.25, -0.2) is 4.98 Å². The Kier molecular flexibility index (Phi) is 6.49. The van der Waals surface area contributed by atoms with E-state index in [2.05, 4.69) is 22.1 Å². The molecule has 1 heterocycles. The highest BCUT2D eigenvalue weighted by Gasteiger charge is 2.30. The van der Waals surface area contributed by atoms with Gasteiger partial charge in [-0.2, -0.15) is 13.2 Å². The Morgan fingerprint density at radius 2 is 2.00 bits per heavy atom. The van der Waals surface area contributed by atoms with Gasteiger partial charge in [-0.3, -0.25) is 4.79 Å². The number of alkyl halides is 3. The Morgan fingerprint density at radius 1 is 1.21 bits per heavy atom. The number of imidazole rings is 1. The number of rotatable bonds is 5. The molecule has 29 heavy (non-hydrogen) atoms. The van der Waals surface area contributed by atoms with E-state index in [1.165, 1.54) is 23.9 Å². The lowest BCUT2D eigenvalue weighted by molar-refractivity contribution is -0.137. The van der Waals surface area contributed by atoms with Crippen molar-refractivity contribution in [2.45, 2.75) is 24.8 Å². The molecular weight excluding hydrogens is 399 g/mol. The molecule has 0 saturated carbocycles. The summed E-state index contributed by atoms with van der Waals surface area (Å²) in [6.07, 6.45) is -4.40. The minimum Gasteiger partial charge on any atom is -0.344 e. The van der Waals surface area contributed by atoms with Crippen molar-refractivity contribution in [3.8, 4) is 11.8 Å². The summed E-state index contributed by atoms with van der Waals surface area (Å²) < 4.78 is 40.1. The number of carbonyl (C=O) groups excluding carboxylic acids is 1. The number of aryl methyl sites for hydroxylation is 1. The van der Waals surface area contributed by atoms with E-state index in [0.29, 0.717) is 0 Å². The van der Waals surface area contributed by atoms with Gasteiger partial charge in [-0.1, -0.05) is 41.8 Å². The van der Waals surface area contributed by atoms with Crippen LogP contribution < -0.4 is 5.32 Å². The molecule has 1 N–H and O–H groups in total. The molecule has 0 aliphatic heterocycles. The molecule has 0 unspecified atom stereocenters. The molecule has 3 aromatic rings. The molecule has 0 aliphatic rings. The number of hydrogen-bond donors (Lipinski definition) is 1. The van der Waals surface area contributed by atoms with Crippen molar-refractivity contribution in [1.82, 2.24) is 14.9 Å². The zero-order chi connectivity index (χ0) is 20.9. The molecule has 0 saturated heterocycles. The summed E-state index contributed by atoms with van der Waals surface area (Å²) in [4.78, 5) is 16.6. The summed E-state index contributed by atoms with van der Waals surface area (Å²) in [6.45, 7) is 2.81. The van der Waals surface area contributed by atoms with E-state index < -0.39 is 11.7 Å². The normalized spacial score (nSPS) is 11.2. The number of amides is 1. The quantitative estimate of drug-likeness (QED) is 0.496. The van der Waals surface area contributed by atoms with Crippen molar-refractivity contribution >= 4 is 28.7 Å². The van der Waals surface area contributed by atoms with E-state index in [0.717, 1.165) is 34.9 Å². The second-order valence-corrected chi connectivity index (χ2v) is 7.02. The standard InChI is InChI=1S/C21H18F3N3OS/c1-2-27-18-11-4-3-10-17(18)26-20(27)29-14-19(28)25-12-6-8-15-7-5-9-16(13-15)21(22,23)24/h3-5,7,9-11,13H,2,12,14H2,1H3,(H,25,28). The highest BCUT2D eigenvalue weighted by atomic mass is 32.2. The predicted molar refractivity (Wildman–Crippen MR) is 107 cm³/mol. The number of hydrogen-bond acceptors (Lipinski definition) is 3. The molecule has 0 bridgehead atoms. The maximum Gasteiger partial charge on any atom is 0.416 e. The number of para-hydroxylation sites is 2. The third kappa shape index (κ3) is 5.33. The van der Waals surface area contributed by atoms with Crippen LogP contribution >= 0.6 is 11.8 Å². The van der Waals surface area contributed by atoms with Gasteiger partial charge in [0.1, 0.15) is 0 Å². The molecule has 1 amide bonds. The fourth-order valence-corrected chi connectivity index (χ4v) is 3.62. The maximum absolute atomic E-state index is 12.7. The molecule has 3 rings (SSSR count). The average molecular weight is 417 g/mol. The number of nitrogens with one attached hydrogen (secondary N) is 1. The van der Waals surface area contributed by atoms with Gasteiger partial charge < -0.3 is 9.88 Å². The van der Waals surface area contributed by atoms with Crippen molar-refractivity contribution in [2.75, 3.05) is 12.3 Å². The largest absolute Gasteiger partial charge is 0.416 e. The highest BCUT2D eigenvalue weighted by molar-refractivity contribution is 7.99. The minimum absolute atomic E-state index is 0.0554. The van der Waals surface area contributed by atoms with Crippen LogP contribution in [0.1, 0.15) is 18.1 Å². The summed E-state index contributed by atoms with van der Waals surface area (Å²) in [7, 11) is 0. The Labute approximate surface area is 170 Å². The van der Waals surface area contributed by atoms with Crippen LogP contribution in [0.25, 0.3) is 11.0 Å². The third-order valence-electron chi connectivity index (χ3n) is 4.06. The van der Waals surface area contributed by atoms with Crippen molar-refractivity contribution in [3.05, 3.63) is 59.7 Å². The molecule has 1 aromatic heterocycles. The first-order chi connectivity index (χ1) is 13.9. The van der Waals surface area contributed by atoms with Crippen LogP contribution in [0.2, 0.25) is 0 Å². The summed E-state index contributed by atoms with van der Waals surface area (Å²) in [5.41, 5.74) is 1.40. The van der Waals surface area contributed by atoms with Crippen LogP contribution in [0.15, 0.2) is 53.7 Å². The molecule has 0 aliphatic carbocycles. The van der Waals surface area contributed by atoms with Gasteiger partial charge in [0.05, 0.1) is 28.9 Å². The molecule has 2 aromatic carbocycles. The Bertz CT molecular complexity index is 1080. The van der Waals surface area contributed by atoms with E-state index in [9.17, 15) is 18.0 Å². The van der Waals surface area contributed by atoms with Gasteiger partial charge in [-0.05, 0) is 37.3 Å². The average Bonchev–Trinajstić information content (AvgIpc) is 3.07. The number of benzene rings is 2. The molecule has 0 fully saturated rings. The Morgan fingerprint density at radius 3 is 2.76 bits per heavy atom. The number of halogens is 3. The number of carbonyl (C=O) groups is 1. The fourth-order valence-electron chi connectivity index (χ4n) is 2.71. The van der Waals surface area contributed by atoms with Crippen LogP contribution in [-0.2, 0) is 17.5 Å². The predicted octanol–water partition coefficient (Wildman–Crippen LogP) is 4.34. The first-order valence-electron chi connectivity index (χ1n) is 8.89.